The molecule has 5 nitrogen and oxygen atoms in total. The van der Waals surface area contributed by atoms with E-state index in [1.165, 1.54) is 31.2 Å². The number of halogens is 1. The Kier molecular flexibility index (Phi) is 9.85. The average molecular weight is 501 g/mol. The van der Waals surface area contributed by atoms with E-state index in [9.17, 15) is 0 Å². The van der Waals surface area contributed by atoms with Crippen molar-refractivity contribution in [2.75, 3.05) is 40.0 Å². The Hall–Kier alpha value is -1.02. The lowest BCUT2D eigenvalue weighted by Crippen LogP contribution is -2.41. The van der Waals surface area contributed by atoms with Crippen molar-refractivity contribution in [3.05, 3.63) is 29.8 Å². The van der Waals surface area contributed by atoms with Gasteiger partial charge in [-0.2, -0.15) is 0 Å². The lowest BCUT2D eigenvalue weighted by molar-refractivity contribution is 0.141. The van der Waals surface area contributed by atoms with E-state index in [4.69, 9.17) is 14.5 Å². The van der Waals surface area contributed by atoms with Crippen molar-refractivity contribution in [3.8, 4) is 5.75 Å². The predicted octanol–water partition coefficient (Wildman–Crippen LogP) is 4.32. The third-order valence-corrected chi connectivity index (χ3v) is 6.02. The smallest absolute Gasteiger partial charge is 0.191 e. The number of benzene rings is 1. The number of fused-ring (bicyclic) bond motifs is 1. The van der Waals surface area contributed by atoms with Gasteiger partial charge < -0.3 is 20.1 Å². The topological polar surface area (TPSA) is 54.9 Å². The van der Waals surface area contributed by atoms with Crippen molar-refractivity contribution in [1.29, 1.82) is 0 Å². The molecular weight excluding hydrogens is 465 g/mol. The van der Waals surface area contributed by atoms with Crippen LogP contribution in [0.3, 0.4) is 0 Å². The first-order valence-corrected chi connectivity index (χ1v) is 10.5. The molecule has 1 aromatic carbocycles. The highest BCUT2D eigenvalue weighted by Gasteiger charge is 2.33. The number of hydrogen-bond acceptors (Lipinski definition) is 3. The largest absolute Gasteiger partial charge is 0.493 e. The molecule has 1 saturated carbocycles. The number of hydrogen-bond donors (Lipinski definition) is 2. The highest BCUT2D eigenvalue weighted by molar-refractivity contribution is 14.0. The molecule has 6 heteroatoms. The Balaban J connectivity index is 0.00000280. The van der Waals surface area contributed by atoms with Crippen LogP contribution in [-0.2, 0) is 4.74 Å². The molecular formula is C22H36IN3O2. The minimum Gasteiger partial charge on any atom is -0.493 e. The third kappa shape index (κ3) is 6.24. The van der Waals surface area contributed by atoms with Gasteiger partial charge >= 0.3 is 0 Å². The van der Waals surface area contributed by atoms with Gasteiger partial charge in [0, 0.05) is 39.3 Å². The molecule has 1 fully saturated rings. The quantitative estimate of drug-likeness (QED) is 0.317. The van der Waals surface area contributed by atoms with Crippen molar-refractivity contribution >= 4 is 29.9 Å². The van der Waals surface area contributed by atoms with Crippen LogP contribution in [0.4, 0.5) is 0 Å². The third-order valence-electron chi connectivity index (χ3n) is 6.02. The molecule has 2 aliphatic rings. The molecule has 0 radical (unpaired) electrons. The van der Waals surface area contributed by atoms with E-state index in [1.807, 2.05) is 6.07 Å². The molecule has 0 saturated heterocycles. The number of nitrogens with zero attached hydrogens (tertiary/aromatic N) is 1. The van der Waals surface area contributed by atoms with Crippen molar-refractivity contribution in [1.82, 2.24) is 10.6 Å². The van der Waals surface area contributed by atoms with Gasteiger partial charge in [-0.1, -0.05) is 31.0 Å². The predicted molar refractivity (Wildman–Crippen MR) is 126 cm³/mol. The summed E-state index contributed by atoms with van der Waals surface area (Å²) < 4.78 is 11.1. The molecule has 1 aliphatic carbocycles. The van der Waals surface area contributed by atoms with E-state index in [2.05, 4.69) is 35.8 Å². The van der Waals surface area contributed by atoms with E-state index in [0.29, 0.717) is 11.3 Å². The molecule has 1 aromatic rings. The zero-order chi connectivity index (χ0) is 19.0. The molecule has 2 N–H and O–H groups in total. The highest BCUT2D eigenvalue weighted by Crippen LogP contribution is 2.41. The lowest BCUT2D eigenvalue weighted by Gasteiger charge is -2.28. The number of para-hydroxylation sites is 1. The number of nitrogens with one attached hydrogen (secondary N) is 2. The summed E-state index contributed by atoms with van der Waals surface area (Å²) in [4.78, 5) is 4.97. The maximum atomic E-state index is 5.79. The van der Waals surface area contributed by atoms with Crippen LogP contribution in [0.15, 0.2) is 29.3 Å². The number of methoxy groups -OCH3 is 1. The zero-order valence-corrected chi connectivity index (χ0v) is 19.7. The van der Waals surface area contributed by atoms with Gasteiger partial charge in [0.25, 0.3) is 0 Å². The first-order valence-electron chi connectivity index (χ1n) is 10.5. The fourth-order valence-corrected chi connectivity index (χ4v) is 4.37. The molecule has 0 bridgehead atoms. The van der Waals surface area contributed by atoms with E-state index in [0.717, 1.165) is 57.4 Å². The van der Waals surface area contributed by atoms with Gasteiger partial charge in [-0.05, 0) is 49.7 Å². The maximum absolute atomic E-state index is 5.79. The monoisotopic (exact) mass is 501 g/mol. The number of aliphatic imine (C=N–C) groups is 1. The van der Waals surface area contributed by atoms with Crippen LogP contribution in [0.2, 0.25) is 0 Å². The van der Waals surface area contributed by atoms with Crippen molar-refractivity contribution in [2.24, 2.45) is 10.4 Å². The first kappa shape index (κ1) is 23.3. The number of ether oxygens (including phenoxy) is 2. The Morgan fingerprint density at radius 2 is 2.04 bits per heavy atom. The normalized spacial score (nSPS) is 20.6. The van der Waals surface area contributed by atoms with Gasteiger partial charge in [0.2, 0.25) is 0 Å². The fourth-order valence-electron chi connectivity index (χ4n) is 4.37. The van der Waals surface area contributed by atoms with Gasteiger partial charge in [-0.3, -0.25) is 4.99 Å². The van der Waals surface area contributed by atoms with Crippen LogP contribution in [0.5, 0.6) is 5.75 Å². The number of rotatable bonds is 8. The van der Waals surface area contributed by atoms with E-state index in [1.54, 1.807) is 7.11 Å². The molecule has 1 heterocycles. The summed E-state index contributed by atoms with van der Waals surface area (Å²) in [6.07, 6.45) is 7.34. The second kappa shape index (κ2) is 11.9. The SMILES string of the molecule is CCNC(=NCC1(CCOC)CCCC1)NCC1CCOc2ccccc21.I. The molecule has 158 valence electrons. The van der Waals surface area contributed by atoms with Crippen LogP contribution in [0.1, 0.15) is 56.9 Å². The molecule has 1 atom stereocenters. The van der Waals surface area contributed by atoms with Gasteiger partial charge in [0.15, 0.2) is 5.96 Å². The first-order chi connectivity index (χ1) is 13.3. The van der Waals surface area contributed by atoms with Crippen LogP contribution in [0, 0.1) is 5.41 Å². The highest BCUT2D eigenvalue weighted by atomic mass is 127. The number of guanidine groups is 1. The fraction of sp³-hybridized carbons (Fsp3) is 0.682. The van der Waals surface area contributed by atoms with Crippen LogP contribution >= 0.6 is 24.0 Å². The summed E-state index contributed by atoms with van der Waals surface area (Å²) >= 11 is 0. The molecule has 1 unspecified atom stereocenters. The average Bonchev–Trinajstić information content (AvgIpc) is 3.18. The summed E-state index contributed by atoms with van der Waals surface area (Å²) in [7, 11) is 1.79. The molecule has 28 heavy (non-hydrogen) atoms. The Labute approximate surface area is 187 Å². The summed E-state index contributed by atoms with van der Waals surface area (Å²) in [5.74, 6) is 2.43. The molecule has 0 aromatic heterocycles. The van der Waals surface area contributed by atoms with Gasteiger partial charge in [-0.15, -0.1) is 24.0 Å². The van der Waals surface area contributed by atoms with Crippen molar-refractivity contribution in [2.45, 2.75) is 51.4 Å². The molecule has 3 rings (SSSR count). The van der Waals surface area contributed by atoms with Crippen LogP contribution in [0.25, 0.3) is 0 Å². The zero-order valence-electron chi connectivity index (χ0n) is 17.3. The van der Waals surface area contributed by atoms with Gasteiger partial charge in [0.05, 0.1) is 6.61 Å². The summed E-state index contributed by atoms with van der Waals surface area (Å²) in [5.41, 5.74) is 1.63. The van der Waals surface area contributed by atoms with E-state index < -0.39 is 0 Å². The Morgan fingerprint density at radius 3 is 2.79 bits per heavy atom. The van der Waals surface area contributed by atoms with Crippen LogP contribution in [-0.4, -0.2) is 45.9 Å². The minimum atomic E-state index is 0. The Morgan fingerprint density at radius 1 is 1.25 bits per heavy atom. The van der Waals surface area contributed by atoms with Gasteiger partial charge in [0.1, 0.15) is 5.75 Å². The van der Waals surface area contributed by atoms with Crippen LogP contribution < -0.4 is 15.4 Å². The standard InChI is InChI=1S/C22H35N3O2.HI/c1-3-23-21(25-17-22(13-15-26-2)11-6-7-12-22)24-16-18-10-14-27-20-9-5-4-8-19(18)20;/h4-5,8-9,18H,3,6-7,10-17H2,1-2H3,(H2,23,24,25);1H. The van der Waals surface area contributed by atoms with Crippen molar-refractivity contribution in [3.63, 3.8) is 0 Å². The maximum Gasteiger partial charge on any atom is 0.191 e. The minimum absolute atomic E-state index is 0. The second-order valence-electron chi connectivity index (χ2n) is 7.90. The van der Waals surface area contributed by atoms with E-state index >= 15 is 0 Å². The molecule has 0 amide bonds. The summed E-state index contributed by atoms with van der Waals surface area (Å²) in [5, 5.41) is 7.00. The summed E-state index contributed by atoms with van der Waals surface area (Å²) in [6.45, 7) is 6.39. The Bertz CT molecular complexity index is 618. The second-order valence-corrected chi connectivity index (χ2v) is 7.90. The molecule has 0 spiro atoms. The van der Waals surface area contributed by atoms with E-state index in [-0.39, 0.29) is 24.0 Å². The summed E-state index contributed by atoms with van der Waals surface area (Å²) in [6, 6.07) is 8.39. The lowest BCUT2D eigenvalue weighted by atomic mass is 9.83. The van der Waals surface area contributed by atoms with Crippen molar-refractivity contribution < 1.29 is 9.47 Å². The molecule has 1 aliphatic heterocycles. The van der Waals surface area contributed by atoms with Gasteiger partial charge in [-0.25, -0.2) is 0 Å².